The molecule has 5 heteroatoms. The Labute approximate surface area is 206 Å². The molecule has 0 saturated carbocycles. The molecule has 4 aromatic rings. The van der Waals surface area contributed by atoms with E-state index >= 15 is 0 Å². The molecule has 1 amide bonds. The molecule has 1 atom stereocenters. The summed E-state index contributed by atoms with van der Waals surface area (Å²) in [5, 5.41) is 10.8. The third-order valence-electron chi connectivity index (χ3n) is 6.43. The van der Waals surface area contributed by atoms with Gasteiger partial charge in [0.25, 0.3) is 0 Å². The zero-order valence-corrected chi connectivity index (χ0v) is 19.6. The van der Waals surface area contributed by atoms with E-state index in [0.29, 0.717) is 0 Å². The summed E-state index contributed by atoms with van der Waals surface area (Å²) in [6.45, 7) is 2.86. The van der Waals surface area contributed by atoms with Gasteiger partial charge in [-0.25, -0.2) is 4.79 Å². The number of nitrogens with one attached hydrogen (secondary N) is 1. The normalized spacial score (nSPS) is 16.1. The molecule has 0 spiro atoms. The molecule has 1 heterocycles. The van der Waals surface area contributed by atoms with E-state index in [1.165, 1.54) is 22.3 Å². The zero-order valence-electron chi connectivity index (χ0n) is 19.6. The summed E-state index contributed by atoms with van der Waals surface area (Å²) >= 11 is 0. The van der Waals surface area contributed by atoms with Gasteiger partial charge < -0.3 is 16.2 Å². The molecule has 0 aliphatic carbocycles. The fourth-order valence-electron chi connectivity index (χ4n) is 5.11. The maximum absolute atomic E-state index is 8.78. The van der Waals surface area contributed by atoms with Gasteiger partial charge in [-0.2, -0.15) is 0 Å². The Hall–Kier alpha value is -3.93. The largest absolute Gasteiger partial charge is 0.465 e. The van der Waals surface area contributed by atoms with Gasteiger partial charge in [0.1, 0.15) is 0 Å². The van der Waals surface area contributed by atoms with Crippen LogP contribution in [0.1, 0.15) is 28.3 Å². The van der Waals surface area contributed by atoms with E-state index in [0.717, 1.165) is 19.6 Å². The van der Waals surface area contributed by atoms with Gasteiger partial charge >= 0.3 is 6.09 Å². The quantitative estimate of drug-likeness (QED) is 0.352. The molecule has 0 bridgehead atoms. The topological polar surface area (TPSA) is 78.6 Å². The third-order valence-corrected chi connectivity index (χ3v) is 6.43. The van der Waals surface area contributed by atoms with Crippen molar-refractivity contribution in [3.63, 3.8) is 0 Å². The van der Waals surface area contributed by atoms with Gasteiger partial charge in [-0.15, -0.1) is 0 Å². The fourth-order valence-corrected chi connectivity index (χ4v) is 5.11. The highest BCUT2D eigenvalue weighted by atomic mass is 16.4. The minimum Gasteiger partial charge on any atom is -0.465 e. The summed E-state index contributed by atoms with van der Waals surface area (Å²) in [5.74, 6) is 0. The SMILES string of the molecule is NC(=O)O.c1ccc(C2CNCCN2C(c2ccccc2)(c2ccccc2)c2ccccc2)cc1. The van der Waals surface area contributed by atoms with E-state index in [1.807, 2.05) is 0 Å². The summed E-state index contributed by atoms with van der Waals surface area (Å²) in [7, 11) is 0. The van der Waals surface area contributed by atoms with Crippen molar-refractivity contribution in [2.24, 2.45) is 5.73 Å². The van der Waals surface area contributed by atoms with Crippen LogP contribution < -0.4 is 11.1 Å². The molecule has 1 aliphatic heterocycles. The van der Waals surface area contributed by atoms with Gasteiger partial charge in [-0.3, -0.25) is 4.90 Å². The van der Waals surface area contributed by atoms with Crippen LogP contribution >= 0.6 is 0 Å². The second-order valence-corrected chi connectivity index (χ2v) is 8.47. The average Bonchev–Trinajstić information content (AvgIpc) is 2.92. The lowest BCUT2D eigenvalue weighted by Gasteiger charge is -2.51. The molecule has 1 saturated heterocycles. The van der Waals surface area contributed by atoms with Gasteiger partial charge in [-0.05, 0) is 22.3 Å². The summed E-state index contributed by atoms with van der Waals surface area (Å²) in [6.07, 6.45) is -1.33. The second-order valence-electron chi connectivity index (χ2n) is 8.47. The lowest BCUT2D eigenvalue weighted by atomic mass is 9.74. The molecular formula is C30H31N3O2. The number of hydrogen-bond acceptors (Lipinski definition) is 3. The van der Waals surface area contributed by atoms with E-state index in [2.05, 4.69) is 137 Å². The van der Waals surface area contributed by atoms with E-state index < -0.39 is 6.09 Å². The van der Waals surface area contributed by atoms with Gasteiger partial charge in [-0.1, -0.05) is 121 Å². The number of hydrogen-bond donors (Lipinski definition) is 3. The highest BCUT2D eigenvalue weighted by Gasteiger charge is 2.46. The molecule has 0 aromatic heterocycles. The molecule has 5 rings (SSSR count). The fraction of sp³-hybridized carbons (Fsp3) is 0.167. The molecule has 1 fully saturated rings. The van der Waals surface area contributed by atoms with Crippen LogP contribution in [0.2, 0.25) is 0 Å². The molecule has 1 unspecified atom stereocenters. The molecule has 35 heavy (non-hydrogen) atoms. The molecule has 4 aromatic carbocycles. The van der Waals surface area contributed by atoms with E-state index in [4.69, 9.17) is 9.90 Å². The Bertz CT molecular complexity index is 1080. The number of amides is 1. The third kappa shape index (κ3) is 5.27. The minimum atomic E-state index is -1.33. The van der Waals surface area contributed by atoms with Crippen LogP contribution in [0.15, 0.2) is 121 Å². The predicted molar refractivity (Wildman–Crippen MR) is 140 cm³/mol. The number of carboxylic acid groups (broad SMARTS) is 1. The molecule has 178 valence electrons. The lowest BCUT2D eigenvalue weighted by Crippen LogP contribution is -2.57. The first-order chi connectivity index (χ1) is 17.1. The van der Waals surface area contributed by atoms with Crippen molar-refractivity contribution >= 4 is 6.09 Å². The van der Waals surface area contributed by atoms with Gasteiger partial charge in [0.15, 0.2) is 0 Å². The number of rotatable bonds is 5. The van der Waals surface area contributed by atoms with E-state index in [9.17, 15) is 0 Å². The Morgan fingerprint density at radius 3 is 1.51 bits per heavy atom. The number of nitrogens with two attached hydrogens (primary N) is 1. The van der Waals surface area contributed by atoms with E-state index in [-0.39, 0.29) is 11.6 Å². The maximum atomic E-state index is 8.78. The molecule has 1 aliphatic rings. The number of benzene rings is 4. The number of nitrogens with zero attached hydrogens (tertiary/aromatic N) is 1. The first-order valence-electron chi connectivity index (χ1n) is 11.8. The standard InChI is InChI=1S/C29H28N2.CH3NO2/c1-5-13-24(14-6-1)28-23-30-21-22-31(28)29(25-15-7-2-8-16-25,26-17-9-3-10-18-26)27-19-11-4-12-20-27;2-1(3)4/h1-20,28,30H,21-23H2;2H2,(H,3,4). The summed E-state index contributed by atoms with van der Waals surface area (Å²) in [5.41, 5.74) is 8.90. The number of primary amides is 1. The second kappa shape index (κ2) is 11.5. The predicted octanol–water partition coefficient (Wildman–Crippen LogP) is 5.25. The van der Waals surface area contributed by atoms with Crippen LogP contribution in [-0.4, -0.2) is 35.7 Å². The monoisotopic (exact) mass is 465 g/mol. The van der Waals surface area contributed by atoms with Crippen LogP contribution in [-0.2, 0) is 5.54 Å². The summed E-state index contributed by atoms with van der Waals surface area (Å²) < 4.78 is 0. The van der Waals surface area contributed by atoms with Gasteiger partial charge in [0.05, 0.1) is 5.54 Å². The number of piperazine rings is 1. The maximum Gasteiger partial charge on any atom is 0.402 e. The Morgan fingerprint density at radius 1 is 0.743 bits per heavy atom. The van der Waals surface area contributed by atoms with Crippen molar-refractivity contribution in [1.29, 1.82) is 0 Å². The molecule has 5 nitrogen and oxygen atoms in total. The van der Waals surface area contributed by atoms with Gasteiger partial charge in [0.2, 0.25) is 0 Å². The highest BCUT2D eigenvalue weighted by Crippen LogP contribution is 2.46. The van der Waals surface area contributed by atoms with Crippen molar-refractivity contribution in [3.05, 3.63) is 144 Å². The molecular weight excluding hydrogens is 434 g/mol. The van der Waals surface area contributed by atoms with Crippen LogP contribution in [0, 0.1) is 0 Å². The average molecular weight is 466 g/mol. The lowest BCUT2D eigenvalue weighted by molar-refractivity contribution is 0.0744. The number of carbonyl (C=O) groups is 1. The Kier molecular flexibility index (Phi) is 7.93. The van der Waals surface area contributed by atoms with Crippen molar-refractivity contribution in [2.75, 3.05) is 19.6 Å². The Morgan fingerprint density at radius 2 is 1.11 bits per heavy atom. The van der Waals surface area contributed by atoms with E-state index in [1.54, 1.807) is 0 Å². The summed E-state index contributed by atoms with van der Waals surface area (Å²) in [6, 6.07) is 44.2. The van der Waals surface area contributed by atoms with Crippen LogP contribution in [0.4, 0.5) is 4.79 Å². The minimum absolute atomic E-state index is 0.260. The smallest absolute Gasteiger partial charge is 0.402 e. The zero-order chi connectivity index (χ0) is 24.5. The van der Waals surface area contributed by atoms with Crippen LogP contribution in [0.5, 0.6) is 0 Å². The van der Waals surface area contributed by atoms with Crippen LogP contribution in [0.3, 0.4) is 0 Å². The Balaban J connectivity index is 0.000000672. The van der Waals surface area contributed by atoms with Crippen molar-refractivity contribution in [3.8, 4) is 0 Å². The van der Waals surface area contributed by atoms with Crippen LogP contribution in [0.25, 0.3) is 0 Å². The first kappa shape index (κ1) is 24.2. The first-order valence-corrected chi connectivity index (χ1v) is 11.8. The molecule has 4 N–H and O–H groups in total. The highest BCUT2D eigenvalue weighted by molar-refractivity contribution is 5.61. The van der Waals surface area contributed by atoms with Crippen molar-refractivity contribution in [1.82, 2.24) is 10.2 Å². The molecule has 0 radical (unpaired) electrons. The van der Waals surface area contributed by atoms with Gasteiger partial charge in [0, 0.05) is 25.7 Å². The summed E-state index contributed by atoms with van der Waals surface area (Å²) in [4.78, 5) is 11.5. The van der Waals surface area contributed by atoms with Crippen molar-refractivity contribution in [2.45, 2.75) is 11.6 Å². The van der Waals surface area contributed by atoms with Crippen molar-refractivity contribution < 1.29 is 9.90 Å².